The molecule has 0 aliphatic rings. The number of nitrogens with zero attached hydrogens (tertiary/aromatic N) is 1. The summed E-state index contributed by atoms with van der Waals surface area (Å²) in [6, 6.07) is 4.91. The molecule has 140 valence electrons. The van der Waals surface area contributed by atoms with Gasteiger partial charge >= 0.3 is 12.1 Å². The molecule has 0 spiro atoms. The van der Waals surface area contributed by atoms with Crippen molar-refractivity contribution in [3.63, 3.8) is 0 Å². The van der Waals surface area contributed by atoms with Gasteiger partial charge in [-0.25, -0.2) is 4.98 Å². The first-order chi connectivity index (χ1) is 12.2. The SMILES string of the molecule is COC(=O)Cc1csc(NC(=O)C(C)Cc2cccc(C(F)(F)F)c2)n1. The fraction of sp³-hybridized carbons (Fsp3) is 0.353. The summed E-state index contributed by atoms with van der Waals surface area (Å²) >= 11 is 1.16. The topological polar surface area (TPSA) is 68.3 Å². The number of amides is 1. The van der Waals surface area contributed by atoms with Gasteiger partial charge in [-0.3, -0.25) is 9.59 Å². The Bertz CT molecular complexity index is 790. The van der Waals surface area contributed by atoms with Crippen LogP contribution in [0.4, 0.5) is 18.3 Å². The Morgan fingerprint density at radius 3 is 2.73 bits per heavy atom. The molecule has 1 heterocycles. The molecule has 0 aliphatic carbocycles. The highest BCUT2D eigenvalue weighted by atomic mass is 32.1. The predicted octanol–water partition coefficient (Wildman–Crippen LogP) is 3.69. The fourth-order valence-corrected chi connectivity index (χ4v) is 2.93. The van der Waals surface area contributed by atoms with Crippen molar-refractivity contribution in [2.45, 2.75) is 25.9 Å². The minimum Gasteiger partial charge on any atom is -0.469 e. The smallest absolute Gasteiger partial charge is 0.416 e. The van der Waals surface area contributed by atoms with Crippen LogP contribution in [-0.4, -0.2) is 24.0 Å². The van der Waals surface area contributed by atoms with Crippen molar-refractivity contribution in [1.29, 1.82) is 0 Å². The maximum absolute atomic E-state index is 12.8. The number of carbonyl (C=O) groups excluding carboxylic acids is 2. The van der Waals surface area contributed by atoms with Gasteiger partial charge in [0, 0.05) is 11.3 Å². The second-order valence-electron chi connectivity index (χ2n) is 5.69. The molecule has 2 rings (SSSR count). The summed E-state index contributed by atoms with van der Waals surface area (Å²) in [5.41, 5.74) is 0.158. The van der Waals surface area contributed by atoms with Crippen LogP contribution >= 0.6 is 11.3 Å². The molecule has 0 bridgehead atoms. The van der Waals surface area contributed by atoms with Crippen molar-refractivity contribution in [3.05, 3.63) is 46.5 Å². The van der Waals surface area contributed by atoms with Crippen LogP contribution < -0.4 is 5.32 Å². The number of halogens is 3. The normalized spacial score (nSPS) is 12.5. The molecule has 0 aliphatic heterocycles. The van der Waals surface area contributed by atoms with E-state index in [1.165, 1.54) is 13.2 Å². The van der Waals surface area contributed by atoms with Crippen LogP contribution in [0.1, 0.15) is 23.7 Å². The highest BCUT2D eigenvalue weighted by Crippen LogP contribution is 2.30. The van der Waals surface area contributed by atoms with Crippen molar-refractivity contribution in [2.24, 2.45) is 5.92 Å². The number of alkyl halides is 3. The van der Waals surface area contributed by atoms with Crippen LogP contribution in [0.15, 0.2) is 29.6 Å². The number of aromatic nitrogens is 1. The van der Waals surface area contributed by atoms with Crippen molar-refractivity contribution in [3.8, 4) is 0 Å². The number of anilines is 1. The van der Waals surface area contributed by atoms with E-state index in [4.69, 9.17) is 0 Å². The molecule has 1 atom stereocenters. The molecular formula is C17H17F3N2O3S. The lowest BCUT2D eigenvalue weighted by molar-refractivity contribution is -0.140. The lowest BCUT2D eigenvalue weighted by atomic mass is 9.99. The predicted molar refractivity (Wildman–Crippen MR) is 90.8 cm³/mol. The van der Waals surface area contributed by atoms with Crippen molar-refractivity contribution >= 4 is 28.3 Å². The molecule has 1 aromatic carbocycles. The summed E-state index contributed by atoms with van der Waals surface area (Å²) in [6.07, 6.45) is -4.25. The molecular weight excluding hydrogens is 369 g/mol. The maximum Gasteiger partial charge on any atom is 0.416 e. The van der Waals surface area contributed by atoms with E-state index in [-0.39, 0.29) is 18.7 Å². The molecule has 0 saturated carbocycles. The lowest BCUT2D eigenvalue weighted by Crippen LogP contribution is -2.22. The van der Waals surface area contributed by atoms with Gasteiger partial charge in [0.05, 0.1) is 24.8 Å². The minimum atomic E-state index is -4.42. The monoisotopic (exact) mass is 386 g/mol. The van der Waals surface area contributed by atoms with Gasteiger partial charge in [-0.15, -0.1) is 11.3 Å². The van der Waals surface area contributed by atoms with Gasteiger partial charge in [0.15, 0.2) is 5.13 Å². The van der Waals surface area contributed by atoms with E-state index in [0.717, 1.165) is 23.5 Å². The average Bonchev–Trinajstić information content (AvgIpc) is 3.01. The molecule has 1 aromatic heterocycles. The van der Waals surface area contributed by atoms with Crippen molar-refractivity contribution < 1.29 is 27.5 Å². The highest BCUT2D eigenvalue weighted by molar-refractivity contribution is 7.13. The van der Waals surface area contributed by atoms with Crippen LogP contribution in [0.3, 0.4) is 0 Å². The van der Waals surface area contributed by atoms with E-state index >= 15 is 0 Å². The Kier molecular flexibility index (Phi) is 6.36. The summed E-state index contributed by atoms with van der Waals surface area (Å²) < 4.78 is 42.8. The number of carbonyl (C=O) groups is 2. The summed E-state index contributed by atoms with van der Waals surface area (Å²) in [5.74, 6) is -1.35. The van der Waals surface area contributed by atoms with E-state index in [0.29, 0.717) is 16.4 Å². The van der Waals surface area contributed by atoms with E-state index in [2.05, 4.69) is 15.0 Å². The molecule has 1 amide bonds. The quantitative estimate of drug-likeness (QED) is 0.769. The number of thiazole rings is 1. The molecule has 5 nitrogen and oxygen atoms in total. The van der Waals surface area contributed by atoms with Gasteiger partial charge in [-0.1, -0.05) is 25.1 Å². The third-order valence-corrected chi connectivity index (χ3v) is 4.39. The number of hydrogen-bond donors (Lipinski definition) is 1. The third-order valence-electron chi connectivity index (χ3n) is 3.58. The second-order valence-corrected chi connectivity index (χ2v) is 6.55. The third kappa shape index (κ3) is 5.55. The van der Waals surface area contributed by atoms with Crippen LogP contribution in [0.25, 0.3) is 0 Å². The standard InChI is InChI=1S/C17H17F3N2O3S/c1-10(6-11-4-3-5-12(7-11)17(18,19)20)15(24)22-16-21-13(9-26-16)8-14(23)25-2/h3-5,7,9-10H,6,8H2,1-2H3,(H,21,22,24). The summed E-state index contributed by atoms with van der Waals surface area (Å²) in [7, 11) is 1.27. The van der Waals surface area contributed by atoms with E-state index in [1.54, 1.807) is 18.4 Å². The zero-order valence-corrected chi connectivity index (χ0v) is 14.9. The maximum atomic E-state index is 12.8. The van der Waals surface area contributed by atoms with Crippen molar-refractivity contribution in [1.82, 2.24) is 4.98 Å². The number of esters is 1. The molecule has 0 fully saturated rings. The zero-order valence-electron chi connectivity index (χ0n) is 14.1. The number of nitrogens with one attached hydrogen (secondary N) is 1. The fourth-order valence-electron chi connectivity index (χ4n) is 2.22. The Morgan fingerprint density at radius 2 is 2.08 bits per heavy atom. The molecule has 26 heavy (non-hydrogen) atoms. The summed E-state index contributed by atoms with van der Waals surface area (Å²) in [6.45, 7) is 1.62. The molecule has 1 unspecified atom stereocenters. The van der Waals surface area contributed by atoms with Crippen LogP contribution in [0, 0.1) is 5.92 Å². The number of hydrogen-bond acceptors (Lipinski definition) is 5. The zero-order chi connectivity index (χ0) is 19.3. The Labute approximate surface area is 152 Å². The largest absolute Gasteiger partial charge is 0.469 e. The van der Waals surface area contributed by atoms with Crippen LogP contribution in [0.2, 0.25) is 0 Å². The first-order valence-corrected chi connectivity index (χ1v) is 8.55. The van der Waals surface area contributed by atoms with Crippen molar-refractivity contribution in [2.75, 3.05) is 12.4 Å². The summed E-state index contributed by atoms with van der Waals surface area (Å²) in [5, 5.41) is 4.57. The molecule has 2 aromatic rings. The highest BCUT2D eigenvalue weighted by Gasteiger charge is 2.30. The second kappa shape index (κ2) is 8.31. The minimum absolute atomic E-state index is 0.00264. The van der Waals surface area contributed by atoms with E-state index < -0.39 is 23.6 Å². The number of methoxy groups -OCH3 is 1. The van der Waals surface area contributed by atoms with E-state index in [1.807, 2.05) is 0 Å². The number of ether oxygens (including phenoxy) is 1. The Morgan fingerprint density at radius 1 is 1.35 bits per heavy atom. The van der Waals surface area contributed by atoms with Gasteiger partial charge in [-0.2, -0.15) is 13.2 Å². The van der Waals surface area contributed by atoms with Gasteiger partial charge in [0.25, 0.3) is 0 Å². The first-order valence-electron chi connectivity index (χ1n) is 7.67. The van der Waals surface area contributed by atoms with Crippen LogP contribution in [0.5, 0.6) is 0 Å². The van der Waals surface area contributed by atoms with Gasteiger partial charge < -0.3 is 10.1 Å². The average molecular weight is 386 g/mol. The summed E-state index contributed by atoms with van der Waals surface area (Å²) in [4.78, 5) is 27.5. The molecule has 0 radical (unpaired) electrons. The van der Waals surface area contributed by atoms with E-state index in [9.17, 15) is 22.8 Å². The van der Waals surface area contributed by atoms with Gasteiger partial charge in [0.2, 0.25) is 5.91 Å². The van der Waals surface area contributed by atoms with Crippen LogP contribution in [-0.2, 0) is 33.3 Å². The molecule has 1 N–H and O–H groups in total. The first kappa shape index (κ1) is 19.9. The lowest BCUT2D eigenvalue weighted by Gasteiger charge is -2.13. The number of rotatable bonds is 6. The van der Waals surface area contributed by atoms with Gasteiger partial charge in [0.1, 0.15) is 0 Å². The Balaban J connectivity index is 1.97. The molecule has 0 saturated heterocycles. The number of benzene rings is 1. The molecule has 9 heteroatoms. The Hall–Kier alpha value is -2.42. The van der Waals surface area contributed by atoms with Gasteiger partial charge in [-0.05, 0) is 18.1 Å².